The van der Waals surface area contributed by atoms with Crippen molar-refractivity contribution in [2.45, 2.75) is 13.0 Å². The molecule has 1 aliphatic heterocycles. The van der Waals surface area contributed by atoms with Gasteiger partial charge in [0.15, 0.2) is 11.5 Å². The van der Waals surface area contributed by atoms with Crippen LogP contribution >= 0.6 is 0 Å². The van der Waals surface area contributed by atoms with E-state index in [1.807, 2.05) is 42.5 Å². The molecular weight excluding hydrogens is 360 g/mol. The molecule has 2 aromatic carbocycles. The number of benzene rings is 2. The van der Waals surface area contributed by atoms with Crippen molar-refractivity contribution < 1.29 is 28.5 Å². The van der Waals surface area contributed by atoms with E-state index in [1.54, 1.807) is 40.4 Å². The minimum Gasteiger partial charge on any atom is -0.493 e. The van der Waals surface area contributed by atoms with E-state index < -0.39 is 0 Å². The lowest BCUT2D eigenvalue weighted by molar-refractivity contribution is 0.0526. The molecule has 0 N–H and O–H groups in total. The normalized spacial score (nSPS) is 14.6. The average molecular weight is 386 g/mol. The Bertz CT molecular complexity index is 760. The minimum atomic E-state index is -0.256. The smallest absolute Gasteiger partial charge is 0.338 e. The zero-order valence-electron chi connectivity index (χ0n) is 16.6. The SMILES string of the molecule is CCOC(=O)c1ccccc1.COc1cc(C2C=CCO2)cc(OC)c1OC. The quantitative estimate of drug-likeness (QED) is 0.548. The molecule has 0 radical (unpaired) electrons. The fourth-order valence-corrected chi connectivity index (χ4v) is 2.66. The molecule has 0 saturated heterocycles. The average Bonchev–Trinajstić information content (AvgIpc) is 3.29. The van der Waals surface area contributed by atoms with Crippen molar-refractivity contribution in [1.82, 2.24) is 0 Å². The van der Waals surface area contributed by atoms with Gasteiger partial charge in [0.2, 0.25) is 5.75 Å². The second-order valence-electron chi connectivity index (χ2n) is 5.73. The number of methoxy groups -OCH3 is 3. The van der Waals surface area contributed by atoms with Gasteiger partial charge in [-0.25, -0.2) is 4.79 Å². The topological polar surface area (TPSA) is 63.2 Å². The highest BCUT2D eigenvalue weighted by atomic mass is 16.5. The Balaban J connectivity index is 0.000000221. The van der Waals surface area contributed by atoms with E-state index in [4.69, 9.17) is 23.7 Å². The summed E-state index contributed by atoms with van der Waals surface area (Å²) >= 11 is 0. The van der Waals surface area contributed by atoms with Gasteiger partial charge in [0.1, 0.15) is 6.10 Å². The molecule has 6 nitrogen and oxygen atoms in total. The molecule has 0 bridgehead atoms. The number of hydrogen-bond donors (Lipinski definition) is 0. The number of esters is 1. The summed E-state index contributed by atoms with van der Waals surface area (Å²) in [6.45, 7) is 2.86. The summed E-state index contributed by atoms with van der Waals surface area (Å²) in [5, 5.41) is 0. The fraction of sp³-hybridized carbons (Fsp3) is 0.318. The third-order valence-electron chi connectivity index (χ3n) is 3.98. The molecule has 150 valence electrons. The third-order valence-corrected chi connectivity index (χ3v) is 3.98. The van der Waals surface area contributed by atoms with Crippen LogP contribution in [0.5, 0.6) is 17.2 Å². The first-order chi connectivity index (χ1) is 13.6. The van der Waals surface area contributed by atoms with Gasteiger partial charge in [0.25, 0.3) is 0 Å². The van der Waals surface area contributed by atoms with Crippen LogP contribution in [-0.4, -0.2) is 40.5 Å². The number of carbonyl (C=O) groups excluding carboxylic acids is 1. The maximum Gasteiger partial charge on any atom is 0.338 e. The van der Waals surface area contributed by atoms with Crippen LogP contribution in [0.1, 0.15) is 28.9 Å². The largest absolute Gasteiger partial charge is 0.493 e. The highest BCUT2D eigenvalue weighted by Crippen LogP contribution is 2.40. The van der Waals surface area contributed by atoms with Crippen molar-refractivity contribution in [3.05, 3.63) is 65.7 Å². The number of hydrogen-bond acceptors (Lipinski definition) is 6. The highest BCUT2D eigenvalue weighted by molar-refractivity contribution is 5.89. The second-order valence-corrected chi connectivity index (χ2v) is 5.73. The van der Waals surface area contributed by atoms with E-state index in [0.717, 1.165) is 5.56 Å². The molecule has 0 spiro atoms. The fourth-order valence-electron chi connectivity index (χ4n) is 2.66. The first kappa shape index (κ1) is 21.3. The molecule has 1 atom stereocenters. The van der Waals surface area contributed by atoms with Gasteiger partial charge in [-0.05, 0) is 36.8 Å². The molecule has 28 heavy (non-hydrogen) atoms. The molecule has 0 aliphatic carbocycles. The summed E-state index contributed by atoms with van der Waals surface area (Å²) in [6, 6.07) is 12.8. The molecule has 0 amide bonds. The monoisotopic (exact) mass is 386 g/mol. The summed E-state index contributed by atoms with van der Waals surface area (Å²) in [4.78, 5) is 11.0. The van der Waals surface area contributed by atoms with Crippen molar-refractivity contribution in [3.63, 3.8) is 0 Å². The Labute approximate surface area is 165 Å². The Morgan fingerprint density at radius 2 is 1.68 bits per heavy atom. The third kappa shape index (κ3) is 5.50. The van der Waals surface area contributed by atoms with Crippen molar-refractivity contribution in [3.8, 4) is 17.2 Å². The van der Waals surface area contributed by atoms with E-state index in [1.165, 1.54) is 0 Å². The Hall–Kier alpha value is -2.99. The van der Waals surface area contributed by atoms with Gasteiger partial charge in [-0.3, -0.25) is 0 Å². The Morgan fingerprint density at radius 3 is 2.14 bits per heavy atom. The lowest BCUT2D eigenvalue weighted by Gasteiger charge is -2.16. The summed E-state index contributed by atoms with van der Waals surface area (Å²) in [6.07, 6.45) is 3.97. The summed E-state index contributed by atoms with van der Waals surface area (Å²) in [7, 11) is 4.80. The van der Waals surface area contributed by atoms with Crippen LogP contribution in [0.2, 0.25) is 0 Å². The van der Waals surface area contributed by atoms with Crippen LogP contribution in [-0.2, 0) is 9.47 Å². The van der Waals surface area contributed by atoms with E-state index in [-0.39, 0.29) is 12.1 Å². The summed E-state index contributed by atoms with van der Waals surface area (Å²) in [5.74, 6) is 1.63. The maximum atomic E-state index is 11.0. The molecule has 0 fully saturated rings. The van der Waals surface area contributed by atoms with Crippen LogP contribution in [0, 0.1) is 0 Å². The van der Waals surface area contributed by atoms with Gasteiger partial charge in [0.05, 0.1) is 40.1 Å². The summed E-state index contributed by atoms with van der Waals surface area (Å²) < 4.78 is 26.2. The molecule has 0 aromatic heterocycles. The lowest BCUT2D eigenvalue weighted by Crippen LogP contribution is -2.03. The molecule has 1 unspecified atom stereocenters. The van der Waals surface area contributed by atoms with Gasteiger partial charge < -0.3 is 23.7 Å². The molecule has 2 aromatic rings. The molecular formula is C22H26O6. The van der Waals surface area contributed by atoms with E-state index in [0.29, 0.717) is 36.0 Å². The van der Waals surface area contributed by atoms with E-state index >= 15 is 0 Å². The molecule has 0 saturated carbocycles. The molecule has 1 heterocycles. The number of ether oxygens (including phenoxy) is 5. The van der Waals surface area contributed by atoms with Crippen molar-refractivity contribution >= 4 is 5.97 Å². The van der Waals surface area contributed by atoms with E-state index in [2.05, 4.69) is 0 Å². The number of rotatable bonds is 6. The van der Waals surface area contributed by atoms with Crippen LogP contribution in [0.4, 0.5) is 0 Å². The van der Waals surface area contributed by atoms with Gasteiger partial charge in [-0.2, -0.15) is 0 Å². The molecule has 1 aliphatic rings. The van der Waals surface area contributed by atoms with Gasteiger partial charge in [-0.15, -0.1) is 0 Å². The number of carbonyl (C=O) groups is 1. The predicted octanol–water partition coefficient (Wildman–Crippen LogP) is 4.20. The first-order valence-electron chi connectivity index (χ1n) is 8.94. The lowest BCUT2D eigenvalue weighted by atomic mass is 10.1. The van der Waals surface area contributed by atoms with Gasteiger partial charge in [-0.1, -0.05) is 30.4 Å². The maximum absolute atomic E-state index is 11.0. The standard InChI is InChI=1S/C13H16O4.C9H10O2/c1-14-11-7-9(10-5-4-6-17-10)8-12(15-2)13(11)16-3;1-2-11-9(10)8-6-4-3-5-7-8/h4-5,7-8,10H,6H2,1-3H3;3-7H,2H2,1H3. The molecule has 3 rings (SSSR count). The zero-order chi connectivity index (χ0) is 20.4. The van der Waals surface area contributed by atoms with Gasteiger partial charge >= 0.3 is 5.97 Å². The van der Waals surface area contributed by atoms with E-state index in [9.17, 15) is 4.79 Å². The van der Waals surface area contributed by atoms with Crippen LogP contribution in [0.3, 0.4) is 0 Å². The highest BCUT2D eigenvalue weighted by Gasteiger charge is 2.19. The Kier molecular flexibility index (Phi) is 8.37. The predicted molar refractivity (Wildman–Crippen MR) is 106 cm³/mol. The molecule has 6 heteroatoms. The van der Waals surface area contributed by atoms with Crippen molar-refractivity contribution in [1.29, 1.82) is 0 Å². The van der Waals surface area contributed by atoms with Crippen LogP contribution in [0.25, 0.3) is 0 Å². The minimum absolute atomic E-state index is 0.0382. The van der Waals surface area contributed by atoms with Gasteiger partial charge in [0, 0.05) is 0 Å². The van der Waals surface area contributed by atoms with Crippen molar-refractivity contribution in [2.75, 3.05) is 34.5 Å². The van der Waals surface area contributed by atoms with Crippen LogP contribution < -0.4 is 14.2 Å². The zero-order valence-corrected chi connectivity index (χ0v) is 16.6. The summed E-state index contributed by atoms with van der Waals surface area (Å²) in [5.41, 5.74) is 1.60. The first-order valence-corrected chi connectivity index (χ1v) is 8.94. The van der Waals surface area contributed by atoms with Crippen LogP contribution in [0.15, 0.2) is 54.6 Å². The Morgan fingerprint density at radius 1 is 1.04 bits per heavy atom. The van der Waals surface area contributed by atoms with Crippen molar-refractivity contribution in [2.24, 2.45) is 0 Å². The second kappa shape index (κ2) is 11.0.